The molecule has 1 N–H and O–H groups in total. The van der Waals surface area contributed by atoms with Crippen molar-refractivity contribution in [2.45, 2.75) is 53.1 Å². The van der Waals surface area contributed by atoms with Crippen molar-refractivity contribution in [3.8, 4) is 0 Å². The van der Waals surface area contributed by atoms with Gasteiger partial charge in [-0.2, -0.15) is 0 Å². The monoisotopic (exact) mass is 294 g/mol. The SMILES string of the molecule is CC(C)CNCc1ccc(CN2CCCC(C)CC2)s1. The molecule has 2 nitrogen and oxygen atoms in total. The van der Waals surface area contributed by atoms with E-state index in [1.807, 2.05) is 11.3 Å². The minimum atomic E-state index is 0.730. The lowest BCUT2D eigenvalue weighted by Gasteiger charge is -2.18. The Labute approximate surface area is 128 Å². The molecule has 0 bridgehead atoms. The van der Waals surface area contributed by atoms with E-state index >= 15 is 0 Å². The zero-order valence-electron chi connectivity index (χ0n) is 13.3. The van der Waals surface area contributed by atoms with Crippen molar-refractivity contribution in [1.82, 2.24) is 10.2 Å². The van der Waals surface area contributed by atoms with Crippen LogP contribution in [-0.2, 0) is 13.1 Å². The van der Waals surface area contributed by atoms with E-state index < -0.39 is 0 Å². The molecule has 20 heavy (non-hydrogen) atoms. The van der Waals surface area contributed by atoms with Gasteiger partial charge in [-0.05, 0) is 62.9 Å². The maximum atomic E-state index is 3.53. The molecule has 1 aliphatic rings. The fourth-order valence-electron chi connectivity index (χ4n) is 2.79. The largest absolute Gasteiger partial charge is 0.312 e. The Hall–Kier alpha value is -0.380. The van der Waals surface area contributed by atoms with Crippen molar-refractivity contribution in [3.05, 3.63) is 21.9 Å². The van der Waals surface area contributed by atoms with Crippen LogP contribution in [0.25, 0.3) is 0 Å². The van der Waals surface area contributed by atoms with Crippen LogP contribution < -0.4 is 5.32 Å². The van der Waals surface area contributed by atoms with Gasteiger partial charge < -0.3 is 5.32 Å². The van der Waals surface area contributed by atoms with Crippen LogP contribution in [0.5, 0.6) is 0 Å². The number of likely N-dealkylation sites (tertiary alicyclic amines) is 1. The van der Waals surface area contributed by atoms with Crippen LogP contribution in [0.3, 0.4) is 0 Å². The molecule has 1 aromatic rings. The van der Waals surface area contributed by atoms with Gasteiger partial charge in [0, 0.05) is 22.8 Å². The average molecular weight is 295 g/mol. The molecule has 3 heteroatoms. The van der Waals surface area contributed by atoms with E-state index in [-0.39, 0.29) is 0 Å². The summed E-state index contributed by atoms with van der Waals surface area (Å²) < 4.78 is 0. The Bertz CT molecular complexity index is 386. The molecule has 0 aliphatic carbocycles. The molecule has 1 aromatic heterocycles. The van der Waals surface area contributed by atoms with Crippen LogP contribution in [0.4, 0.5) is 0 Å². The Kier molecular flexibility index (Phi) is 6.53. The summed E-state index contributed by atoms with van der Waals surface area (Å²) in [4.78, 5) is 5.64. The molecule has 2 heterocycles. The summed E-state index contributed by atoms with van der Waals surface area (Å²) in [6, 6.07) is 4.62. The maximum absolute atomic E-state index is 3.53. The lowest BCUT2D eigenvalue weighted by atomic mass is 10.0. The first-order chi connectivity index (χ1) is 9.63. The third-order valence-corrected chi connectivity index (χ3v) is 5.13. The quantitative estimate of drug-likeness (QED) is 0.849. The van der Waals surface area contributed by atoms with E-state index in [1.165, 1.54) is 42.1 Å². The molecule has 0 radical (unpaired) electrons. The number of rotatable bonds is 6. The first-order valence-corrected chi connectivity index (χ1v) is 8.96. The topological polar surface area (TPSA) is 15.3 Å². The second kappa shape index (κ2) is 8.16. The highest BCUT2D eigenvalue weighted by molar-refractivity contribution is 7.11. The molecular formula is C17H30N2S. The van der Waals surface area contributed by atoms with Crippen molar-refractivity contribution in [2.75, 3.05) is 19.6 Å². The van der Waals surface area contributed by atoms with Crippen molar-refractivity contribution in [2.24, 2.45) is 11.8 Å². The van der Waals surface area contributed by atoms with Crippen LogP contribution in [-0.4, -0.2) is 24.5 Å². The van der Waals surface area contributed by atoms with E-state index in [0.717, 1.165) is 31.5 Å². The van der Waals surface area contributed by atoms with Crippen molar-refractivity contribution in [1.29, 1.82) is 0 Å². The second-order valence-electron chi connectivity index (χ2n) is 6.70. The number of hydrogen-bond donors (Lipinski definition) is 1. The van der Waals surface area contributed by atoms with E-state index in [9.17, 15) is 0 Å². The summed E-state index contributed by atoms with van der Waals surface area (Å²) in [6.45, 7) is 12.8. The number of nitrogens with one attached hydrogen (secondary N) is 1. The summed E-state index contributed by atoms with van der Waals surface area (Å²) in [5.74, 6) is 1.65. The number of thiophene rings is 1. The van der Waals surface area contributed by atoms with Gasteiger partial charge in [-0.15, -0.1) is 11.3 Å². The van der Waals surface area contributed by atoms with E-state index in [4.69, 9.17) is 0 Å². The summed E-state index contributed by atoms with van der Waals surface area (Å²) in [5, 5.41) is 3.53. The van der Waals surface area contributed by atoms with Gasteiger partial charge in [0.2, 0.25) is 0 Å². The third-order valence-electron chi connectivity index (χ3n) is 4.06. The summed E-state index contributed by atoms with van der Waals surface area (Å²) in [6.07, 6.45) is 4.15. The van der Waals surface area contributed by atoms with Crippen molar-refractivity contribution in [3.63, 3.8) is 0 Å². The van der Waals surface area contributed by atoms with Gasteiger partial charge in [-0.1, -0.05) is 20.8 Å². The smallest absolute Gasteiger partial charge is 0.0328 e. The lowest BCUT2D eigenvalue weighted by molar-refractivity contribution is 0.276. The summed E-state index contributed by atoms with van der Waals surface area (Å²) >= 11 is 1.98. The molecule has 1 atom stereocenters. The van der Waals surface area contributed by atoms with Crippen LogP contribution in [0.1, 0.15) is 49.8 Å². The molecule has 1 saturated heterocycles. The van der Waals surface area contributed by atoms with Crippen LogP contribution in [0, 0.1) is 11.8 Å². The Morgan fingerprint density at radius 1 is 1.25 bits per heavy atom. The van der Waals surface area contributed by atoms with Gasteiger partial charge in [0.25, 0.3) is 0 Å². The number of hydrogen-bond acceptors (Lipinski definition) is 3. The van der Waals surface area contributed by atoms with Gasteiger partial charge in [0.1, 0.15) is 0 Å². The molecule has 114 valence electrons. The second-order valence-corrected chi connectivity index (χ2v) is 7.96. The Morgan fingerprint density at radius 3 is 2.85 bits per heavy atom. The first kappa shape index (κ1) is 16.0. The van der Waals surface area contributed by atoms with Crippen molar-refractivity contribution >= 4 is 11.3 Å². The molecule has 1 unspecified atom stereocenters. The molecule has 2 rings (SSSR count). The average Bonchev–Trinajstić information content (AvgIpc) is 2.72. The van der Waals surface area contributed by atoms with E-state index in [1.54, 1.807) is 0 Å². The predicted molar refractivity (Wildman–Crippen MR) is 89.2 cm³/mol. The zero-order valence-corrected chi connectivity index (χ0v) is 14.1. The Balaban J connectivity index is 1.77. The molecule has 0 saturated carbocycles. The highest BCUT2D eigenvalue weighted by Crippen LogP contribution is 2.22. The highest BCUT2D eigenvalue weighted by Gasteiger charge is 2.14. The van der Waals surface area contributed by atoms with Gasteiger partial charge in [-0.25, -0.2) is 0 Å². The summed E-state index contributed by atoms with van der Waals surface area (Å²) in [5.41, 5.74) is 0. The van der Waals surface area contributed by atoms with Gasteiger partial charge >= 0.3 is 0 Å². The first-order valence-electron chi connectivity index (χ1n) is 8.14. The highest BCUT2D eigenvalue weighted by atomic mass is 32.1. The molecular weight excluding hydrogens is 264 g/mol. The molecule has 0 spiro atoms. The van der Waals surface area contributed by atoms with Crippen LogP contribution >= 0.6 is 11.3 Å². The molecule has 0 amide bonds. The van der Waals surface area contributed by atoms with Crippen LogP contribution in [0.15, 0.2) is 12.1 Å². The van der Waals surface area contributed by atoms with E-state index in [2.05, 4.69) is 43.1 Å². The normalized spacial score (nSPS) is 21.3. The van der Waals surface area contributed by atoms with Gasteiger partial charge in [0.05, 0.1) is 0 Å². The van der Waals surface area contributed by atoms with E-state index in [0.29, 0.717) is 0 Å². The maximum Gasteiger partial charge on any atom is 0.0328 e. The lowest BCUT2D eigenvalue weighted by Crippen LogP contribution is -2.23. The minimum absolute atomic E-state index is 0.730. The van der Waals surface area contributed by atoms with Gasteiger partial charge in [-0.3, -0.25) is 4.90 Å². The van der Waals surface area contributed by atoms with Crippen molar-refractivity contribution < 1.29 is 0 Å². The molecule has 1 aliphatic heterocycles. The Morgan fingerprint density at radius 2 is 2.05 bits per heavy atom. The summed E-state index contributed by atoms with van der Waals surface area (Å²) in [7, 11) is 0. The third kappa shape index (κ3) is 5.55. The fourth-order valence-corrected chi connectivity index (χ4v) is 3.82. The minimum Gasteiger partial charge on any atom is -0.312 e. The fraction of sp³-hybridized carbons (Fsp3) is 0.765. The standard InChI is InChI=1S/C17H30N2S/c1-14(2)11-18-12-16-6-7-17(20-16)13-19-9-4-5-15(3)8-10-19/h6-7,14-15,18H,4-5,8-13H2,1-3H3. The van der Waals surface area contributed by atoms with Crippen LogP contribution in [0.2, 0.25) is 0 Å². The zero-order chi connectivity index (χ0) is 14.4. The predicted octanol–water partition coefficient (Wildman–Crippen LogP) is 4.12. The molecule has 0 aromatic carbocycles. The van der Waals surface area contributed by atoms with Gasteiger partial charge in [0.15, 0.2) is 0 Å². The number of nitrogens with zero attached hydrogens (tertiary/aromatic N) is 1. The molecule has 1 fully saturated rings.